The van der Waals surface area contributed by atoms with Crippen molar-refractivity contribution in [3.05, 3.63) is 58.1 Å². The number of benzene rings is 1. The number of carbonyl (C=O) groups excluding carboxylic acids is 1. The molecule has 0 atom stereocenters. The fourth-order valence-electron chi connectivity index (χ4n) is 1.35. The van der Waals surface area contributed by atoms with E-state index in [0.717, 1.165) is 5.56 Å². The lowest BCUT2D eigenvalue weighted by Gasteiger charge is -2.07. The van der Waals surface area contributed by atoms with Crippen molar-refractivity contribution < 1.29 is 13.9 Å². The summed E-state index contributed by atoms with van der Waals surface area (Å²) in [6, 6.07) is 7.63. The van der Waals surface area contributed by atoms with Crippen molar-refractivity contribution in [3.8, 4) is 5.75 Å². The summed E-state index contributed by atoms with van der Waals surface area (Å²) >= 11 is 3.26. The number of rotatable bonds is 4. The van der Waals surface area contributed by atoms with Crippen LogP contribution in [0.4, 0.5) is 4.39 Å². The average molecular weight is 310 g/mol. The Morgan fingerprint density at radius 1 is 1.33 bits per heavy atom. The molecule has 0 bridgehead atoms. The maximum absolute atomic E-state index is 12.9. The van der Waals surface area contributed by atoms with Gasteiger partial charge in [-0.25, -0.2) is 9.37 Å². The molecule has 2 rings (SSSR count). The van der Waals surface area contributed by atoms with Crippen LogP contribution in [0.1, 0.15) is 16.1 Å². The van der Waals surface area contributed by atoms with Crippen LogP contribution in [0.25, 0.3) is 0 Å². The molecule has 0 radical (unpaired) electrons. The molecule has 0 aliphatic rings. The Morgan fingerprint density at radius 3 is 2.78 bits per heavy atom. The Balaban J connectivity index is 2.04. The van der Waals surface area contributed by atoms with Gasteiger partial charge in [0.1, 0.15) is 23.9 Å². The van der Waals surface area contributed by atoms with Crippen LogP contribution >= 0.6 is 15.9 Å². The molecule has 1 aromatic heterocycles. The number of hydrogen-bond donors (Lipinski definition) is 0. The van der Waals surface area contributed by atoms with E-state index in [1.54, 1.807) is 18.2 Å². The first-order valence-electron chi connectivity index (χ1n) is 5.17. The van der Waals surface area contributed by atoms with Crippen molar-refractivity contribution in [2.45, 2.75) is 6.61 Å². The third kappa shape index (κ3) is 3.13. The Bertz CT molecular complexity index is 557. The summed E-state index contributed by atoms with van der Waals surface area (Å²) in [5.74, 6) is 0.249. The van der Waals surface area contributed by atoms with Gasteiger partial charge in [-0.2, -0.15) is 0 Å². The van der Waals surface area contributed by atoms with E-state index >= 15 is 0 Å². The molecule has 2 aromatic rings. The standard InChI is InChI=1S/C13H9BrFNO2/c14-13-5-10(15)2-1-9(13)8-18-12-4-3-11(7-17)16-6-12/h1-7H,8H2. The highest BCUT2D eigenvalue weighted by molar-refractivity contribution is 9.10. The van der Waals surface area contributed by atoms with E-state index in [4.69, 9.17) is 4.74 Å². The summed E-state index contributed by atoms with van der Waals surface area (Å²) in [5.41, 5.74) is 1.18. The molecule has 3 nitrogen and oxygen atoms in total. The lowest BCUT2D eigenvalue weighted by Crippen LogP contribution is -1.98. The molecular formula is C13H9BrFNO2. The minimum Gasteiger partial charge on any atom is -0.487 e. The smallest absolute Gasteiger partial charge is 0.168 e. The molecule has 0 spiro atoms. The van der Waals surface area contributed by atoms with Gasteiger partial charge in [0, 0.05) is 10.0 Å². The van der Waals surface area contributed by atoms with Gasteiger partial charge in [-0.05, 0) is 24.3 Å². The molecule has 5 heteroatoms. The van der Waals surface area contributed by atoms with E-state index < -0.39 is 0 Å². The zero-order valence-electron chi connectivity index (χ0n) is 9.27. The molecule has 0 N–H and O–H groups in total. The number of aldehydes is 1. The van der Waals surface area contributed by atoms with Crippen LogP contribution < -0.4 is 4.74 Å². The molecule has 0 aliphatic heterocycles. The fraction of sp³-hybridized carbons (Fsp3) is 0.0769. The van der Waals surface area contributed by atoms with Gasteiger partial charge >= 0.3 is 0 Å². The number of carbonyl (C=O) groups is 1. The second kappa shape index (κ2) is 5.73. The highest BCUT2D eigenvalue weighted by Gasteiger charge is 2.03. The van der Waals surface area contributed by atoms with Gasteiger partial charge in [-0.15, -0.1) is 0 Å². The first-order valence-corrected chi connectivity index (χ1v) is 5.96. The summed E-state index contributed by atoms with van der Waals surface area (Å²) in [6.45, 7) is 0.295. The molecule has 1 heterocycles. The molecule has 92 valence electrons. The monoisotopic (exact) mass is 309 g/mol. The molecule has 18 heavy (non-hydrogen) atoms. The topological polar surface area (TPSA) is 39.2 Å². The highest BCUT2D eigenvalue weighted by Crippen LogP contribution is 2.20. The second-order valence-electron chi connectivity index (χ2n) is 3.56. The minimum atomic E-state index is -0.303. The molecule has 0 unspecified atom stereocenters. The Labute approximate surface area is 112 Å². The summed E-state index contributed by atoms with van der Waals surface area (Å²) < 4.78 is 19.0. The number of aromatic nitrogens is 1. The predicted octanol–water partition coefficient (Wildman–Crippen LogP) is 3.37. The maximum Gasteiger partial charge on any atom is 0.168 e. The first-order chi connectivity index (χ1) is 8.69. The van der Waals surface area contributed by atoms with E-state index in [1.165, 1.54) is 18.3 Å². The Hall–Kier alpha value is -1.75. The van der Waals surface area contributed by atoms with Crippen LogP contribution in [-0.2, 0) is 6.61 Å². The Morgan fingerprint density at radius 2 is 2.17 bits per heavy atom. The van der Waals surface area contributed by atoms with Crippen LogP contribution in [-0.4, -0.2) is 11.3 Å². The van der Waals surface area contributed by atoms with Crippen LogP contribution in [0.5, 0.6) is 5.75 Å². The third-order valence-corrected chi connectivity index (χ3v) is 3.03. The number of hydrogen-bond acceptors (Lipinski definition) is 3. The molecule has 1 aromatic carbocycles. The predicted molar refractivity (Wildman–Crippen MR) is 68.1 cm³/mol. The molecule has 0 fully saturated rings. The third-order valence-electron chi connectivity index (χ3n) is 2.29. The lowest BCUT2D eigenvalue weighted by molar-refractivity contribution is 0.111. The maximum atomic E-state index is 12.9. The zero-order valence-corrected chi connectivity index (χ0v) is 10.9. The second-order valence-corrected chi connectivity index (χ2v) is 4.42. The summed E-state index contributed by atoms with van der Waals surface area (Å²) in [7, 11) is 0. The number of ether oxygens (including phenoxy) is 1. The molecule has 0 amide bonds. The van der Waals surface area contributed by atoms with E-state index in [1.807, 2.05) is 0 Å². The number of nitrogens with zero attached hydrogens (tertiary/aromatic N) is 1. The van der Waals surface area contributed by atoms with Gasteiger partial charge in [-0.1, -0.05) is 22.0 Å². The normalized spacial score (nSPS) is 10.1. The number of pyridine rings is 1. The summed E-state index contributed by atoms with van der Waals surface area (Å²) in [5, 5.41) is 0. The SMILES string of the molecule is O=Cc1ccc(OCc2ccc(F)cc2Br)cn1. The average Bonchev–Trinajstić information content (AvgIpc) is 2.38. The van der Waals surface area contributed by atoms with E-state index in [9.17, 15) is 9.18 Å². The molecule has 0 saturated carbocycles. The van der Waals surface area contributed by atoms with E-state index in [0.29, 0.717) is 28.8 Å². The van der Waals surface area contributed by atoms with Crippen LogP contribution in [0, 0.1) is 5.82 Å². The van der Waals surface area contributed by atoms with E-state index in [2.05, 4.69) is 20.9 Å². The van der Waals surface area contributed by atoms with Gasteiger partial charge in [0.2, 0.25) is 0 Å². The minimum absolute atomic E-state index is 0.295. The van der Waals surface area contributed by atoms with Gasteiger partial charge in [0.05, 0.1) is 6.20 Å². The molecule has 0 saturated heterocycles. The van der Waals surface area contributed by atoms with Crippen molar-refractivity contribution in [1.29, 1.82) is 0 Å². The Kier molecular flexibility index (Phi) is 4.04. The van der Waals surface area contributed by atoms with Gasteiger partial charge < -0.3 is 4.74 Å². The highest BCUT2D eigenvalue weighted by atomic mass is 79.9. The quantitative estimate of drug-likeness (QED) is 0.813. The van der Waals surface area contributed by atoms with Crippen molar-refractivity contribution in [2.75, 3.05) is 0 Å². The zero-order chi connectivity index (χ0) is 13.0. The van der Waals surface area contributed by atoms with E-state index in [-0.39, 0.29) is 5.82 Å². The van der Waals surface area contributed by atoms with Crippen molar-refractivity contribution in [2.24, 2.45) is 0 Å². The van der Waals surface area contributed by atoms with Crippen LogP contribution in [0.15, 0.2) is 41.0 Å². The van der Waals surface area contributed by atoms with Crippen LogP contribution in [0.2, 0.25) is 0 Å². The largest absolute Gasteiger partial charge is 0.487 e. The fourth-order valence-corrected chi connectivity index (χ4v) is 1.81. The van der Waals surface area contributed by atoms with Crippen molar-refractivity contribution >= 4 is 22.2 Å². The first kappa shape index (κ1) is 12.7. The molecular weight excluding hydrogens is 301 g/mol. The lowest BCUT2D eigenvalue weighted by atomic mass is 10.2. The van der Waals surface area contributed by atoms with Gasteiger partial charge in [0.25, 0.3) is 0 Å². The molecule has 0 aliphatic carbocycles. The van der Waals surface area contributed by atoms with Crippen molar-refractivity contribution in [3.63, 3.8) is 0 Å². The van der Waals surface area contributed by atoms with Gasteiger partial charge in [-0.3, -0.25) is 4.79 Å². The van der Waals surface area contributed by atoms with Gasteiger partial charge in [0.15, 0.2) is 6.29 Å². The summed E-state index contributed by atoms with van der Waals surface area (Å²) in [6.07, 6.45) is 2.14. The van der Waals surface area contributed by atoms with Crippen molar-refractivity contribution in [1.82, 2.24) is 4.98 Å². The summed E-state index contributed by atoms with van der Waals surface area (Å²) in [4.78, 5) is 14.3. The van der Waals surface area contributed by atoms with Crippen LogP contribution in [0.3, 0.4) is 0 Å². The number of halogens is 2.